The number of hydrogen-bond donors (Lipinski definition) is 0. The van der Waals surface area contributed by atoms with E-state index in [2.05, 4.69) is 0 Å². The highest BCUT2D eigenvalue weighted by atomic mass is 16.5. The summed E-state index contributed by atoms with van der Waals surface area (Å²) in [6.45, 7) is 0.644. The average molecular weight is 341 g/mol. The van der Waals surface area contributed by atoms with Crippen LogP contribution < -0.4 is 24.5 Å². The topological polar surface area (TPSA) is 58.9 Å². The minimum atomic E-state index is -0.0329. The van der Waals surface area contributed by atoms with Gasteiger partial charge in [-0.25, -0.2) is 0 Å². The summed E-state index contributed by atoms with van der Waals surface area (Å²) in [7, 11) is 6.36. The van der Waals surface area contributed by atoms with Crippen LogP contribution in [0.5, 0.6) is 23.0 Å². The maximum Gasteiger partial charge on any atom is 0.259 e. The van der Waals surface area contributed by atoms with Gasteiger partial charge in [0.2, 0.25) is 0 Å². The van der Waals surface area contributed by atoms with Crippen molar-refractivity contribution in [1.29, 1.82) is 0 Å². The molecule has 0 N–H and O–H groups in total. The third kappa shape index (κ3) is 2.00. The molecule has 1 aliphatic heterocycles. The Hall–Kier alpha value is -2.89. The van der Waals surface area contributed by atoms with E-state index in [9.17, 15) is 4.79 Å². The van der Waals surface area contributed by atoms with E-state index < -0.39 is 0 Å². The maximum atomic E-state index is 13.0. The van der Waals surface area contributed by atoms with Crippen LogP contribution in [0.3, 0.4) is 0 Å². The van der Waals surface area contributed by atoms with Gasteiger partial charge in [0.05, 0.1) is 44.7 Å². The van der Waals surface area contributed by atoms with Crippen molar-refractivity contribution in [2.75, 3.05) is 28.4 Å². The Bertz CT molecular complexity index is 1070. The third-order valence-electron chi connectivity index (χ3n) is 4.86. The molecule has 4 rings (SSSR count). The van der Waals surface area contributed by atoms with Crippen molar-refractivity contribution in [2.24, 2.45) is 0 Å². The molecule has 6 nitrogen and oxygen atoms in total. The van der Waals surface area contributed by atoms with E-state index in [1.807, 2.05) is 12.1 Å². The first-order valence-electron chi connectivity index (χ1n) is 8.00. The molecule has 130 valence electrons. The molecule has 0 saturated heterocycles. The van der Waals surface area contributed by atoms with Crippen molar-refractivity contribution in [1.82, 2.24) is 4.57 Å². The van der Waals surface area contributed by atoms with Gasteiger partial charge in [0, 0.05) is 11.9 Å². The van der Waals surface area contributed by atoms with Crippen molar-refractivity contribution in [3.63, 3.8) is 0 Å². The molecule has 1 aromatic heterocycles. The lowest BCUT2D eigenvalue weighted by Crippen LogP contribution is -2.18. The highest BCUT2D eigenvalue weighted by molar-refractivity contribution is 6.12. The van der Waals surface area contributed by atoms with Crippen molar-refractivity contribution < 1.29 is 18.9 Å². The molecule has 0 bridgehead atoms. The summed E-state index contributed by atoms with van der Waals surface area (Å²) < 4.78 is 23.8. The number of fused-ring (bicyclic) bond motifs is 2. The quantitative estimate of drug-likeness (QED) is 0.683. The van der Waals surface area contributed by atoms with E-state index in [4.69, 9.17) is 18.9 Å². The van der Waals surface area contributed by atoms with Gasteiger partial charge < -0.3 is 23.5 Å². The number of benzene rings is 2. The van der Waals surface area contributed by atoms with Crippen LogP contribution in [0.15, 0.2) is 23.0 Å². The molecular weight excluding hydrogens is 322 g/mol. The lowest BCUT2D eigenvalue weighted by Gasteiger charge is -2.16. The van der Waals surface area contributed by atoms with Crippen LogP contribution in [0.4, 0.5) is 0 Å². The van der Waals surface area contributed by atoms with Gasteiger partial charge in [0.15, 0.2) is 23.0 Å². The number of ether oxygens (including phenoxy) is 4. The number of nitrogens with zero attached hydrogens (tertiary/aromatic N) is 1. The van der Waals surface area contributed by atoms with E-state index >= 15 is 0 Å². The molecule has 0 unspecified atom stereocenters. The van der Waals surface area contributed by atoms with Crippen molar-refractivity contribution in [3.8, 4) is 23.0 Å². The smallest absolute Gasteiger partial charge is 0.259 e. The molecule has 0 amide bonds. The fourth-order valence-electron chi connectivity index (χ4n) is 3.74. The van der Waals surface area contributed by atoms with Crippen molar-refractivity contribution in [3.05, 3.63) is 34.1 Å². The normalized spacial score (nSPS) is 12.6. The minimum absolute atomic E-state index is 0.0329. The standard InChI is InChI=1S/C19H19NO5/c1-22-13-8-11-12(9-14(13)23-2)19(21)20-6-5-10-7-15(24-3)18(25-4)16(11)17(10)20/h7-9H,5-6H2,1-4H3. The molecule has 0 aliphatic carbocycles. The number of methoxy groups -OCH3 is 4. The number of hydrogen-bond acceptors (Lipinski definition) is 5. The number of rotatable bonds is 4. The first kappa shape index (κ1) is 15.6. The summed E-state index contributed by atoms with van der Waals surface area (Å²) in [4.78, 5) is 13.0. The zero-order valence-corrected chi connectivity index (χ0v) is 14.6. The van der Waals surface area contributed by atoms with Crippen LogP contribution in [0, 0.1) is 0 Å². The van der Waals surface area contributed by atoms with Crippen LogP contribution in [-0.4, -0.2) is 33.0 Å². The van der Waals surface area contributed by atoms with Gasteiger partial charge in [-0.15, -0.1) is 0 Å². The van der Waals surface area contributed by atoms with Gasteiger partial charge in [-0.1, -0.05) is 0 Å². The largest absolute Gasteiger partial charge is 0.493 e. The monoisotopic (exact) mass is 341 g/mol. The Kier molecular flexibility index (Phi) is 3.49. The second-order valence-corrected chi connectivity index (χ2v) is 5.95. The number of aromatic nitrogens is 1. The minimum Gasteiger partial charge on any atom is -0.493 e. The second-order valence-electron chi connectivity index (χ2n) is 5.95. The highest BCUT2D eigenvalue weighted by Crippen LogP contribution is 2.44. The summed E-state index contributed by atoms with van der Waals surface area (Å²) in [5, 5.41) is 2.21. The Morgan fingerprint density at radius 3 is 2.08 bits per heavy atom. The second kappa shape index (κ2) is 5.58. The molecule has 6 heteroatoms. The van der Waals surface area contributed by atoms with Gasteiger partial charge in [0.25, 0.3) is 5.56 Å². The van der Waals surface area contributed by atoms with Crippen molar-refractivity contribution in [2.45, 2.75) is 13.0 Å². The summed E-state index contributed by atoms with van der Waals surface area (Å²) in [6.07, 6.45) is 0.788. The Balaban J connectivity index is 2.30. The molecule has 2 heterocycles. The molecule has 0 saturated carbocycles. The van der Waals surface area contributed by atoms with E-state index in [0.29, 0.717) is 34.9 Å². The van der Waals surface area contributed by atoms with Crippen LogP contribution in [0.2, 0.25) is 0 Å². The first-order chi connectivity index (χ1) is 12.1. The van der Waals surface area contributed by atoms with Gasteiger partial charge in [0.1, 0.15) is 0 Å². The number of pyridine rings is 1. The predicted octanol–water partition coefficient (Wildman–Crippen LogP) is 2.75. The molecule has 0 fully saturated rings. The fourth-order valence-corrected chi connectivity index (χ4v) is 3.74. The zero-order chi connectivity index (χ0) is 17.7. The lowest BCUT2D eigenvalue weighted by atomic mass is 10.0. The third-order valence-corrected chi connectivity index (χ3v) is 4.86. The SMILES string of the molecule is COc1cc2c(=O)n3c4c(cc(OC)c(OC)c4c2cc1OC)CC3. The Morgan fingerprint density at radius 2 is 1.48 bits per heavy atom. The number of aryl methyl sites for hydroxylation is 2. The van der Waals surface area contributed by atoms with E-state index in [1.54, 1.807) is 39.1 Å². The summed E-state index contributed by atoms with van der Waals surface area (Å²) in [5.41, 5.74) is 1.96. The first-order valence-corrected chi connectivity index (χ1v) is 8.00. The molecule has 3 aromatic rings. The van der Waals surface area contributed by atoms with E-state index in [1.165, 1.54) is 0 Å². The summed E-state index contributed by atoms with van der Waals surface area (Å²) >= 11 is 0. The lowest BCUT2D eigenvalue weighted by molar-refractivity contribution is 0.355. The van der Waals surface area contributed by atoms with E-state index in [0.717, 1.165) is 28.3 Å². The fraction of sp³-hybridized carbons (Fsp3) is 0.316. The van der Waals surface area contributed by atoms with Crippen LogP contribution >= 0.6 is 0 Å². The molecule has 25 heavy (non-hydrogen) atoms. The van der Waals surface area contributed by atoms with Gasteiger partial charge in [-0.05, 0) is 30.2 Å². The van der Waals surface area contributed by atoms with Gasteiger partial charge in [-0.3, -0.25) is 4.79 Å². The molecule has 0 atom stereocenters. The summed E-state index contributed by atoms with van der Waals surface area (Å²) in [5.74, 6) is 2.38. The average Bonchev–Trinajstić information content (AvgIpc) is 3.08. The molecule has 1 aliphatic rings. The molecular formula is C19H19NO5. The van der Waals surface area contributed by atoms with Gasteiger partial charge >= 0.3 is 0 Å². The molecule has 2 aromatic carbocycles. The zero-order valence-electron chi connectivity index (χ0n) is 14.6. The van der Waals surface area contributed by atoms with E-state index in [-0.39, 0.29) is 5.56 Å². The predicted molar refractivity (Wildman–Crippen MR) is 95.6 cm³/mol. The molecule has 0 radical (unpaired) electrons. The highest BCUT2D eigenvalue weighted by Gasteiger charge is 2.25. The molecule has 0 spiro atoms. The Morgan fingerprint density at radius 1 is 0.840 bits per heavy atom. The van der Waals surface area contributed by atoms with Crippen LogP contribution in [-0.2, 0) is 13.0 Å². The summed E-state index contributed by atoms with van der Waals surface area (Å²) in [6, 6.07) is 5.52. The maximum absolute atomic E-state index is 13.0. The van der Waals surface area contributed by atoms with Crippen LogP contribution in [0.1, 0.15) is 5.56 Å². The van der Waals surface area contributed by atoms with Gasteiger partial charge in [-0.2, -0.15) is 0 Å². The van der Waals surface area contributed by atoms with Crippen molar-refractivity contribution >= 4 is 21.7 Å². The van der Waals surface area contributed by atoms with Crippen LogP contribution in [0.25, 0.3) is 21.7 Å². The Labute approximate surface area is 144 Å².